The van der Waals surface area contributed by atoms with Gasteiger partial charge < -0.3 is 5.32 Å². The standard InChI is InChI=1S/C12H14N6S/c1-2-9-7-10-11(14-8-15-12(10)19-9)13-3-5-18-6-4-16-17-18/h4,6-8H,2-3,5H2,1H3,(H,13,14,15). The molecule has 0 saturated carbocycles. The number of thiophene rings is 1. The fraction of sp³-hybridized carbons (Fsp3) is 0.333. The molecule has 0 fully saturated rings. The summed E-state index contributed by atoms with van der Waals surface area (Å²) in [7, 11) is 0. The molecular formula is C12H14N6S. The van der Waals surface area contributed by atoms with Crippen molar-refractivity contribution in [2.75, 3.05) is 11.9 Å². The van der Waals surface area contributed by atoms with E-state index >= 15 is 0 Å². The molecule has 0 radical (unpaired) electrons. The maximum atomic E-state index is 4.31. The van der Waals surface area contributed by atoms with E-state index < -0.39 is 0 Å². The average Bonchev–Trinajstić information content (AvgIpc) is 3.07. The molecule has 19 heavy (non-hydrogen) atoms. The minimum atomic E-state index is 0.757. The van der Waals surface area contributed by atoms with Crippen molar-refractivity contribution >= 4 is 27.4 Å². The van der Waals surface area contributed by atoms with Gasteiger partial charge >= 0.3 is 0 Å². The molecule has 0 atom stereocenters. The largest absolute Gasteiger partial charge is 0.368 e. The molecule has 0 saturated heterocycles. The van der Waals surface area contributed by atoms with Gasteiger partial charge in [0.05, 0.1) is 18.1 Å². The quantitative estimate of drug-likeness (QED) is 0.770. The average molecular weight is 274 g/mol. The molecule has 1 N–H and O–H groups in total. The summed E-state index contributed by atoms with van der Waals surface area (Å²) in [6.07, 6.45) is 6.15. The van der Waals surface area contributed by atoms with Crippen LogP contribution in [0.5, 0.6) is 0 Å². The van der Waals surface area contributed by atoms with Gasteiger partial charge in [0.15, 0.2) is 0 Å². The number of aryl methyl sites for hydroxylation is 1. The second-order valence-electron chi connectivity index (χ2n) is 4.10. The minimum absolute atomic E-state index is 0.757. The van der Waals surface area contributed by atoms with Crippen LogP contribution in [-0.2, 0) is 13.0 Å². The van der Waals surface area contributed by atoms with Gasteiger partial charge in [-0.15, -0.1) is 16.4 Å². The van der Waals surface area contributed by atoms with Crippen molar-refractivity contribution in [3.05, 3.63) is 29.7 Å². The summed E-state index contributed by atoms with van der Waals surface area (Å²) in [5.41, 5.74) is 0. The lowest BCUT2D eigenvalue weighted by Crippen LogP contribution is -2.12. The SMILES string of the molecule is CCc1cc2c(NCCn3ccnn3)ncnc2s1. The molecule has 98 valence electrons. The van der Waals surface area contributed by atoms with Gasteiger partial charge in [-0.25, -0.2) is 9.97 Å². The Bertz CT molecular complexity index is 660. The van der Waals surface area contributed by atoms with Crippen molar-refractivity contribution in [1.29, 1.82) is 0 Å². The Morgan fingerprint density at radius 3 is 3.11 bits per heavy atom. The summed E-state index contributed by atoms with van der Waals surface area (Å²) in [6, 6.07) is 2.16. The predicted molar refractivity (Wildman–Crippen MR) is 75.3 cm³/mol. The zero-order valence-electron chi connectivity index (χ0n) is 10.6. The highest BCUT2D eigenvalue weighted by molar-refractivity contribution is 7.18. The van der Waals surface area contributed by atoms with Crippen LogP contribution in [-0.4, -0.2) is 31.5 Å². The molecule has 0 bridgehead atoms. The van der Waals surface area contributed by atoms with Crippen LogP contribution in [0.2, 0.25) is 0 Å². The van der Waals surface area contributed by atoms with Crippen LogP contribution in [0.1, 0.15) is 11.8 Å². The van der Waals surface area contributed by atoms with Crippen LogP contribution in [0.25, 0.3) is 10.2 Å². The van der Waals surface area contributed by atoms with E-state index in [1.807, 2.05) is 6.20 Å². The number of rotatable bonds is 5. The molecule has 0 amide bonds. The van der Waals surface area contributed by atoms with Crippen LogP contribution >= 0.6 is 11.3 Å². The lowest BCUT2D eigenvalue weighted by Gasteiger charge is -2.05. The molecule has 0 aliphatic carbocycles. The van der Waals surface area contributed by atoms with Crippen LogP contribution in [0, 0.1) is 0 Å². The Balaban J connectivity index is 1.75. The summed E-state index contributed by atoms with van der Waals surface area (Å²) in [4.78, 5) is 11.0. The van der Waals surface area contributed by atoms with Crippen molar-refractivity contribution in [2.45, 2.75) is 19.9 Å². The Morgan fingerprint density at radius 1 is 1.37 bits per heavy atom. The Kier molecular flexibility index (Phi) is 3.37. The number of hydrogen-bond acceptors (Lipinski definition) is 6. The molecule has 3 heterocycles. The fourth-order valence-corrected chi connectivity index (χ4v) is 2.80. The molecule has 3 aromatic heterocycles. The summed E-state index contributed by atoms with van der Waals surface area (Å²) in [5, 5.41) is 12.1. The molecule has 0 aliphatic rings. The van der Waals surface area contributed by atoms with Crippen LogP contribution in [0.3, 0.4) is 0 Å². The van der Waals surface area contributed by atoms with E-state index in [0.29, 0.717) is 0 Å². The van der Waals surface area contributed by atoms with Crippen molar-refractivity contribution < 1.29 is 0 Å². The van der Waals surface area contributed by atoms with E-state index in [1.165, 1.54) is 4.88 Å². The van der Waals surface area contributed by atoms with E-state index in [0.717, 1.165) is 35.5 Å². The second-order valence-corrected chi connectivity index (χ2v) is 5.22. The maximum absolute atomic E-state index is 4.31. The molecule has 0 spiro atoms. The third-order valence-corrected chi connectivity index (χ3v) is 4.02. The monoisotopic (exact) mass is 274 g/mol. The molecule has 3 aromatic rings. The highest BCUT2D eigenvalue weighted by Gasteiger charge is 2.07. The first-order chi connectivity index (χ1) is 9.36. The molecule has 0 unspecified atom stereocenters. The van der Waals surface area contributed by atoms with Gasteiger partial charge in [-0.3, -0.25) is 4.68 Å². The number of hydrogen-bond donors (Lipinski definition) is 1. The Morgan fingerprint density at radius 2 is 2.32 bits per heavy atom. The number of nitrogens with one attached hydrogen (secondary N) is 1. The van der Waals surface area contributed by atoms with Crippen molar-refractivity contribution in [2.24, 2.45) is 0 Å². The Labute approximate surface area is 114 Å². The lowest BCUT2D eigenvalue weighted by molar-refractivity contribution is 0.608. The van der Waals surface area contributed by atoms with Crippen LogP contribution in [0.4, 0.5) is 5.82 Å². The molecule has 0 aliphatic heterocycles. The molecular weight excluding hydrogens is 260 g/mol. The van der Waals surface area contributed by atoms with Crippen molar-refractivity contribution in [1.82, 2.24) is 25.0 Å². The van der Waals surface area contributed by atoms with Gasteiger partial charge in [-0.05, 0) is 12.5 Å². The summed E-state index contributed by atoms with van der Waals surface area (Å²) >= 11 is 1.72. The second kappa shape index (κ2) is 5.31. The summed E-state index contributed by atoms with van der Waals surface area (Å²) in [5.74, 6) is 0.890. The van der Waals surface area contributed by atoms with Gasteiger partial charge in [0, 0.05) is 17.6 Å². The first kappa shape index (κ1) is 12.0. The highest BCUT2D eigenvalue weighted by Crippen LogP contribution is 2.28. The number of anilines is 1. The van der Waals surface area contributed by atoms with Crippen LogP contribution < -0.4 is 5.32 Å². The summed E-state index contributed by atoms with van der Waals surface area (Å²) < 4.78 is 1.79. The van der Waals surface area contributed by atoms with Gasteiger partial charge in [-0.1, -0.05) is 12.1 Å². The first-order valence-corrected chi connectivity index (χ1v) is 7.00. The minimum Gasteiger partial charge on any atom is -0.368 e. The van der Waals surface area contributed by atoms with Gasteiger partial charge in [0.1, 0.15) is 17.0 Å². The van der Waals surface area contributed by atoms with Crippen LogP contribution in [0.15, 0.2) is 24.8 Å². The van der Waals surface area contributed by atoms with Gasteiger partial charge in [0.2, 0.25) is 0 Å². The first-order valence-electron chi connectivity index (χ1n) is 6.18. The molecule has 0 aromatic carbocycles. The fourth-order valence-electron chi connectivity index (χ4n) is 1.86. The number of nitrogens with zero attached hydrogens (tertiary/aromatic N) is 5. The van der Waals surface area contributed by atoms with E-state index in [4.69, 9.17) is 0 Å². The number of fused-ring (bicyclic) bond motifs is 1. The summed E-state index contributed by atoms with van der Waals surface area (Å²) in [6.45, 7) is 3.67. The smallest absolute Gasteiger partial charge is 0.138 e. The zero-order chi connectivity index (χ0) is 13.1. The topological polar surface area (TPSA) is 68.5 Å². The third kappa shape index (κ3) is 2.55. The lowest BCUT2D eigenvalue weighted by atomic mass is 10.3. The molecule has 7 heteroatoms. The zero-order valence-corrected chi connectivity index (χ0v) is 11.4. The normalized spacial score (nSPS) is 11.0. The predicted octanol–water partition coefficient (Wildman–Crippen LogP) is 1.96. The van der Waals surface area contributed by atoms with Crippen molar-refractivity contribution in [3.63, 3.8) is 0 Å². The van der Waals surface area contributed by atoms with Crippen molar-refractivity contribution in [3.8, 4) is 0 Å². The third-order valence-electron chi connectivity index (χ3n) is 2.83. The van der Waals surface area contributed by atoms with Gasteiger partial charge in [-0.2, -0.15) is 0 Å². The molecule has 6 nitrogen and oxygen atoms in total. The van der Waals surface area contributed by atoms with E-state index in [-0.39, 0.29) is 0 Å². The van der Waals surface area contributed by atoms with E-state index in [2.05, 4.69) is 38.6 Å². The molecule has 3 rings (SSSR count). The highest BCUT2D eigenvalue weighted by atomic mass is 32.1. The van der Waals surface area contributed by atoms with Gasteiger partial charge in [0.25, 0.3) is 0 Å². The van der Waals surface area contributed by atoms with E-state index in [9.17, 15) is 0 Å². The number of aromatic nitrogens is 5. The van der Waals surface area contributed by atoms with E-state index in [1.54, 1.807) is 28.5 Å². The Hall–Kier alpha value is -2.02. The maximum Gasteiger partial charge on any atom is 0.138 e.